The van der Waals surface area contributed by atoms with Crippen LogP contribution < -0.4 is 0 Å². The molecule has 1 aliphatic rings. The molecule has 5 rings (SSSR count). The molecule has 0 radical (unpaired) electrons. The van der Waals surface area contributed by atoms with Crippen molar-refractivity contribution < 1.29 is 14.4 Å². The van der Waals surface area contributed by atoms with Crippen LogP contribution in [0.4, 0.5) is 4.79 Å². The van der Waals surface area contributed by atoms with Gasteiger partial charge in [-0.2, -0.15) is 0 Å². The lowest BCUT2D eigenvalue weighted by Crippen LogP contribution is -2.33. The Morgan fingerprint density at radius 1 is 0.943 bits per heavy atom. The predicted octanol–water partition coefficient (Wildman–Crippen LogP) is 6.57. The van der Waals surface area contributed by atoms with Crippen molar-refractivity contribution in [3.05, 3.63) is 111 Å². The highest BCUT2D eigenvalue weighted by Crippen LogP contribution is 2.36. The highest BCUT2D eigenvalue weighted by atomic mass is 35.5. The van der Waals surface area contributed by atoms with Gasteiger partial charge >= 0.3 is 0 Å². The van der Waals surface area contributed by atoms with Crippen LogP contribution >= 0.6 is 23.4 Å². The second kappa shape index (κ2) is 9.56. The Morgan fingerprint density at radius 2 is 1.63 bits per heavy atom. The van der Waals surface area contributed by atoms with Crippen LogP contribution in [-0.2, 0) is 11.3 Å². The largest absolute Gasteiger partial charge is 0.340 e. The third kappa shape index (κ3) is 4.43. The van der Waals surface area contributed by atoms with E-state index in [9.17, 15) is 14.4 Å². The van der Waals surface area contributed by atoms with Gasteiger partial charge in [0.15, 0.2) is 5.78 Å². The molecule has 1 aliphatic heterocycles. The summed E-state index contributed by atoms with van der Waals surface area (Å²) in [6, 6.07) is 24.3. The minimum absolute atomic E-state index is 0.276. The molecule has 174 valence electrons. The van der Waals surface area contributed by atoms with Crippen LogP contribution in [0, 0.1) is 6.92 Å². The zero-order valence-electron chi connectivity index (χ0n) is 18.9. The molecule has 0 N–H and O–H groups in total. The van der Waals surface area contributed by atoms with Gasteiger partial charge in [0, 0.05) is 39.3 Å². The number of carbonyl (C=O) groups excluding carboxylic acids is 3. The van der Waals surface area contributed by atoms with Crippen LogP contribution in [0.2, 0.25) is 5.02 Å². The molecule has 0 spiro atoms. The molecule has 35 heavy (non-hydrogen) atoms. The number of amides is 2. The molecule has 2 heterocycles. The molecule has 0 bridgehead atoms. The lowest BCUT2D eigenvalue weighted by Gasteiger charge is -2.11. The Balaban J connectivity index is 1.49. The number of rotatable bonds is 6. The van der Waals surface area contributed by atoms with Gasteiger partial charge in [-0.05, 0) is 42.5 Å². The fraction of sp³-hybridized carbons (Fsp3) is 0.107. The number of halogens is 1. The van der Waals surface area contributed by atoms with Crippen LogP contribution in [0.1, 0.15) is 27.2 Å². The Kier molecular flexibility index (Phi) is 6.32. The van der Waals surface area contributed by atoms with Crippen LogP contribution in [-0.4, -0.2) is 32.9 Å². The summed E-state index contributed by atoms with van der Waals surface area (Å²) in [6.07, 6.45) is 1.76. The topological polar surface area (TPSA) is 59.4 Å². The van der Waals surface area contributed by atoms with E-state index in [4.69, 9.17) is 11.6 Å². The van der Waals surface area contributed by atoms with Crippen molar-refractivity contribution in [2.24, 2.45) is 0 Å². The lowest BCUT2D eigenvalue weighted by atomic mass is 10.1. The summed E-state index contributed by atoms with van der Waals surface area (Å²) in [5.74, 6) is -0.728. The second-order valence-corrected chi connectivity index (χ2v) is 9.65. The van der Waals surface area contributed by atoms with Crippen LogP contribution in [0.25, 0.3) is 17.0 Å². The number of thioether (sulfide) groups is 1. The van der Waals surface area contributed by atoms with Gasteiger partial charge in [0.05, 0.1) is 11.4 Å². The minimum Gasteiger partial charge on any atom is -0.340 e. The molecule has 1 saturated heterocycles. The number of hydrogen-bond donors (Lipinski definition) is 0. The van der Waals surface area contributed by atoms with Crippen LogP contribution in [0.15, 0.2) is 83.8 Å². The van der Waals surface area contributed by atoms with E-state index in [1.165, 1.54) is 0 Å². The molecule has 0 saturated carbocycles. The number of fused-ring (bicyclic) bond motifs is 1. The fourth-order valence-corrected chi connectivity index (χ4v) is 5.28. The predicted molar refractivity (Wildman–Crippen MR) is 141 cm³/mol. The molecule has 1 fully saturated rings. The smallest absolute Gasteiger partial charge is 0.293 e. The highest BCUT2D eigenvalue weighted by Gasteiger charge is 2.36. The maximum atomic E-state index is 13.1. The quantitative estimate of drug-likeness (QED) is 0.222. The fourth-order valence-electron chi connectivity index (χ4n) is 4.27. The average Bonchev–Trinajstić information content (AvgIpc) is 3.29. The first-order chi connectivity index (χ1) is 16.9. The van der Waals surface area contributed by atoms with Gasteiger partial charge in [-0.3, -0.25) is 19.3 Å². The first-order valence-corrected chi connectivity index (χ1v) is 12.3. The third-order valence-corrected chi connectivity index (χ3v) is 7.39. The summed E-state index contributed by atoms with van der Waals surface area (Å²) >= 11 is 7.28. The van der Waals surface area contributed by atoms with Crippen molar-refractivity contribution in [3.8, 4) is 0 Å². The molecule has 0 atom stereocenters. The number of para-hydroxylation sites is 1. The maximum absolute atomic E-state index is 13.1. The maximum Gasteiger partial charge on any atom is 0.293 e. The van der Waals surface area contributed by atoms with E-state index in [0.29, 0.717) is 22.0 Å². The first kappa shape index (κ1) is 23.1. The summed E-state index contributed by atoms with van der Waals surface area (Å²) in [6.45, 7) is 2.29. The van der Waals surface area contributed by atoms with Crippen molar-refractivity contribution in [3.63, 3.8) is 0 Å². The standard InChI is InChI=1S/C28H21ClN2O3S/c1-18-22(21-12-6-8-14-24(21)30(18)16-20-11-5-7-13-23(20)29)15-26-27(33)31(28(34)35-26)17-25(32)19-9-3-2-4-10-19/h2-15H,16-17H2,1H3/b26-15-. The van der Waals surface area contributed by atoms with Gasteiger partial charge in [-0.15, -0.1) is 0 Å². The van der Waals surface area contributed by atoms with E-state index in [1.54, 1.807) is 30.3 Å². The summed E-state index contributed by atoms with van der Waals surface area (Å²) in [4.78, 5) is 39.7. The number of imide groups is 1. The molecule has 3 aromatic carbocycles. The molecule has 0 unspecified atom stereocenters. The van der Waals surface area contributed by atoms with Gasteiger partial charge in [0.1, 0.15) is 0 Å². The first-order valence-electron chi connectivity index (χ1n) is 11.1. The zero-order valence-corrected chi connectivity index (χ0v) is 20.5. The molecule has 0 aliphatic carbocycles. The molecular weight excluding hydrogens is 480 g/mol. The van der Waals surface area contributed by atoms with Crippen LogP contribution in [0.5, 0.6) is 0 Å². The molecule has 7 heteroatoms. The molecule has 4 aromatic rings. The van der Waals surface area contributed by atoms with Gasteiger partial charge < -0.3 is 4.57 Å². The van der Waals surface area contributed by atoms with Gasteiger partial charge in [0.2, 0.25) is 0 Å². The Labute approximate surface area is 212 Å². The Morgan fingerprint density at radius 3 is 2.40 bits per heavy atom. The second-order valence-electron chi connectivity index (χ2n) is 8.25. The van der Waals surface area contributed by atoms with Crippen molar-refractivity contribution in [1.29, 1.82) is 0 Å². The van der Waals surface area contributed by atoms with Crippen molar-refractivity contribution >= 4 is 57.3 Å². The van der Waals surface area contributed by atoms with E-state index in [1.807, 2.05) is 61.5 Å². The van der Waals surface area contributed by atoms with Gasteiger partial charge in [-0.1, -0.05) is 78.3 Å². The number of Topliss-reactive ketones (excluding diaryl/α,β-unsaturated/α-hetero) is 1. The SMILES string of the molecule is Cc1c(/C=C2\SC(=O)N(CC(=O)c3ccccc3)C2=O)c2ccccc2n1Cc1ccccc1Cl. The summed E-state index contributed by atoms with van der Waals surface area (Å²) in [5.41, 5.74) is 4.29. The van der Waals surface area contributed by atoms with E-state index in [0.717, 1.165) is 44.4 Å². The molecule has 5 nitrogen and oxygen atoms in total. The minimum atomic E-state index is -0.452. The van der Waals surface area contributed by atoms with Gasteiger partial charge in [-0.25, -0.2) is 0 Å². The van der Waals surface area contributed by atoms with E-state index >= 15 is 0 Å². The number of aromatic nitrogens is 1. The Bertz CT molecular complexity index is 1510. The molecule has 1 aromatic heterocycles. The number of carbonyl (C=O) groups is 3. The number of benzene rings is 3. The van der Waals surface area contributed by atoms with Crippen molar-refractivity contribution in [2.45, 2.75) is 13.5 Å². The Hall–Kier alpha value is -3.61. The van der Waals surface area contributed by atoms with E-state index in [-0.39, 0.29) is 12.3 Å². The average molecular weight is 501 g/mol. The monoisotopic (exact) mass is 500 g/mol. The van der Waals surface area contributed by atoms with Crippen molar-refractivity contribution in [1.82, 2.24) is 9.47 Å². The molecule has 2 amide bonds. The number of hydrogen-bond acceptors (Lipinski definition) is 4. The summed E-state index contributed by atoms with van der Waals surface area (Å²) in [7, 11) is 0. The number of nitrogens with zero attached hydrogens (tertiary/aromatic N) is 2. The summed E-state index contributed by atoms with van der Waals surface area (Å²) in [5, 5.41) is 1.22. The summed E-state index contributed by atoms with van der Waals surface area (Å²) < 4.78 is 2.16. The van der Waals surface area contributed by atoms with E-state index < -0.39 is 11.1 Å². The van der Waals surface area contributed by atoms with Crippen LogP contribution in [0.3, 0.4) is 0 Å². The van der Waals surface area contributed by atoms with Gasteiger partial charge in [0.25, 0.3) is 11.1 Å². The number of ketones is 1. The lowest BCUT2D eigenvalue weighted by molar-refractivity contribution is -0.122. The zero-order chi connectivity index (χ0) is 24.5. The normalized spacial score (nSPS) is 14.9. The molecular formula is C28H21ClN2O3S. The third-order valence-electron chi connectivity index (χ3n) is 6.11. The highest BCUT2D eigenvalue weighted by molar-refractivity contribution is 8.18. The van der Waals surface area contributed by atoms with Crippen molar-refractivity contribution in [2.75, 3.05) is 6.54 Å². The van der Waals surface area contributed by atoms with E-state index in [2.05, 4.69) is 4.57 Å².